The van der Waals surface area contributed by atoms with Crippen LogP contribution in [0.5, 0.6) is 0 Å². The number of guanidine groups is 1. The molecule has 2 N–H and O–H groups in total. The minimum Gasteiger partial charge on any atom is -0.356 e. The summed E-state index contributed by atoms with van der Waals surface area (Å²) in [6, 6.07) is 13.3. The van der Waals surface area contributed by atoms with Crippen molar-refractivity contribution in [1.82, 2.24) is 20.5 Å². The molecule has 0 spiro atoms. The van der Waals surface area contributed by atoms with Gasteiger partial charge in [-0.25, -0.2) is 4.39 Å². The van der Waals surface area contributed by atoms with Crippen molar-refractivity contribution in [3.63, 3.8) is 0 Å². The smallest absolute Gasteiger partial charge is 0.191 e. The quantitative estimate of drug-likeness (QED) is 0.580. The van der Waals surface area contributed by atoms with Crippen LogP contribution in [0.1, 0.15) is 37.9 Å². The molecule has 1 aliphatic rings. The highest BCUT2D eigenvalue weighted by atomic mass is 19.1. The van der Waals surface area contributed by atoms with Gasteiger partial charge in [0.2, 0.25) is 0 Å². The van der Waals surface area contributed by atoms with E-state index in [1.807, 2.05) is 24.4 Å². The molecule has 0 radical (unpaired) electrons. The molecule has 3 rings (SSSR count). The number of benzene rings is 1. The van der Waals surface area contributed by atoms with E-state index in [0.717, 1.165) is 49.7 Å². The largest absolute Gasteiger partial charge is 0.356 e. The van der Waals surface area contributed by atoms with Gasteiger partial charge in [-0.1, -0.05) is 32.0 Å². The third kappa shape index (κ3) is 6.26. The van der Waals surface area contributed by atoms with Gasteiger partial charge in [-0.2, -0.15) is 0 Å². The molecular weight excluding hydrogens is 365 g/mol. The molecule has 156 valence electrons. The summed E-state index contributed by atoms with van der Waals surface area (Å²) in [5, 5.41) is 6.97. The van der Waals surface area contributed by atoms with Crippen LogP contribution in [-0.2, 0) is 12.0 Å². The van der Waals surface area contributed by atoms with Crippen LogP contribution in [0.2, 0.25) is 0 Å². The molecule has 0 aliphatic carbocycles. The first-order valence-electron chi connectivity index (χ1n) is 10.3. The number of aromatic nitrogens is 1. The van der Waals surface area contributed by atoms with Gasteiger partial charge in [-0.05, 0) is 42.7 Å². The average Bonchev–Trinajstić information content (AvgIpc) is 2.73. The second kappa shape index (κ2) is 9.83. The molecule has 0 atom stereocenters. The molecule has 29 heavy (non-hydrogen) atoms. The molecule has 0 unspecified atom stereocenters. The molecule has 2 heterocycles. The number of aliphatic imine (C=N–C) groups is 1. The first-order chi connectivity index (χ1) is 14.0. The Bertz CT molecular complexity index is 798. The van der Waals surface area contributed by atoms with Crippen LogP contribution in [0.4, 0.5) is 4.39 Å². The van der Waals surface area contributed by atoms with Crippen molar-refractivity contribution in [2.45, 2.75) is 44.7 Å². The Morgan fingerprint density at radius 3 is 2.66 bits per heavy atom. The predicted molar refractivity (Wildman–Crippen MR) is 116 cm³/mol. The number of hydrogen-bond donors (Lipinski definition) is 2. The molecule has 1 saturated heterocycles. The van der Waals surface area contributed by atoms with E-state index >= 15 is 0 Å². The van der Waals surface area contributed by atoms with Gasteiger partial charge in [0.05, 0.1) is 5.69 Å². The third-order valence-corrected chi connectivity index (χ3v) is 5.57. The number of nitrogens with one attached hydrogen (secondary N) is 2. The summed E-state index contributed by atoms with van der Waals surface area (Å²) in [6.45, 7) is 7.88. The minimum absolute atomic E-state index is 0.199. The van der Waals surface area contributed by atoms with Gasteiger partial charge >= 0.3 is 0 Å². The fraction of sp³-hybridized carbons (Fsp3) is 0.478. The van der Waals surface area contributed by atoms with E-state index in [4.69, 9.17) is 0 Å². The Hall–Kier alpha value is -2.47. The summed E-state index contributed by atoms with van der Waals surface area (Å²) in [5.74, 6) is 0.605. The molecule has 6 heteroatoms. The number of pyridine rings is 1. The Labute approximate surface area is 173 Å². The standard InChI is InChI=1S/C23H32FN5/c1-23(2,18-7-6-8-19(24)15-18)17-27-22(25-3)28-20-10-13-29(14-11-20)16-21-9-4-5-12-26-21/h4-9,12,15,20H,10-11,13-14,16-17H2,1-3H3,(H2,25,27,28). The first-order valence-corrected chi connectivity index (χ1v) is 10.3. The van der Waals surface area contributed by atoms with Crippen LogP contribution in [0.15, 0.2) is 53.7 Å². The number of likely N-dealkylation sites (tertiary alicyclic amines) is 1. The highest BCUT2D eigenvalue weighted by Gasteiger charge is 2.23. The summed E-state index contributed by atoms with van der Waals surface area (Å²) in [6.07, 6.45) is 3.99. The van der Waals surface area contributed by atoms with E-state index in [9.17, 15) is 4.39 Å². The maximum Gasteiger partial charge on any atom is 0.191 e. The third-order valence-electron chi connectivity index (χ3n) is 5.57. The molecule has 0 amide bonds. The van der Waals surface area contributed by atoms with Crippen LogP contribution >= 0.6 is 0 Å². The maximum atomic E-state index is 13.6. The van der Waals surface area contributed by atoms with Gasteiger partial charge in [0.15, 0.2) is 5.96 Å². The molecule has 1 aromatic carbocycles. The SMILES string of the molecule is CN=C(NCC(C)(C)c1cccc(F)c1)NC1CCN(Cc2ccccn2)CC1. The number of hydrogen-bond acceptors (Lipinski definition) is 3. The van der Waals surface area contributed by atoms with Crippen LogP contribution in [0.3, 0.4) is 0 Å². The fourth-order valence-corrected chi connectivity index (χ4v) is 3.66. The Morgan fingerprint density at radius 1 is 1.21 bits per heavy atom. The lowest BCUT2D eigenvalue weighted by molar-refractivity contribution is 0.196. The first kappa shape index (κ1) is 21.2. The van der Waals surface area contributed by atoms with E-state index in [1.54, 1.807) is 19.2 Å². The van der Waals surface area contributed by atoms with E-state index < -0.39 is 0 Å². The molecule has 0 bridgehead atoms. The zero-order valence-electron chi connectivity index (χ0n) is 17.7. The number of piperidine rings is 1. The zero-order valence-corrected chi connectivity index (χ0v) is 17.7. The van der Waals surface area contributed by atoms with Crippen molar-refractivity contribution in [1.29, 1.82) is 0 Å². The highest BCUT2D eigenvalue weighted by molar-refractivity contribution is 5.80. The molecule has 0 saturated carbocycles. The normalized spacial score (nSPS) is 16.6. The van der Waals surface area contributed by atoms with Gasteiger partial charge in [-0.3, -0.25) is 14.9 Å². The lowest BCUT2D eigenvalue weighted by atomic mass is 9.84. The predicted octanol–water partition coefficient (Wildman–Crippen LogP) is 3.33. The number of halogens is 1. The Kier molecular flexibility index (Phi) is 7.20. The van der Waals surface area contributed by atoms with Gasteiger partial charge in [-0.15, -0.1) is 0 Å². The Morgan fingerprint density at radius 2 is 2.00 bits per heavy atom. The van der Waals surface area contributed by atoms with Crippen molar-refractivity contribution in [2.75, 3.05) is 26.7 Å². The number of nitrogens with zero attached hydrogens (tertiary/aromatic N) is 3. The van der Waals surface area contributed by atoms with E-state index in [2.05, 4.69) is 45.4 Å². The second-order valence-corrected chi connectivity index (χ2v) is 8.34. The van der Waals surface area contributed by atoms with Gasteiger partial charge in [0.25, 0.3) is 0 Å². The van der Waals surface area contributed by atoms with Crippen LogP contribution in [-0.4, -0.2) is 48.6 Å². The molecule has 1 fully saturated rings. The van der Waals surface area contributed by atoms with Crippen LogP contribution < -0.4 is 10.6 Å². The van der Waals surface area contributed by atoms with Gasteiger partial charge in [0.1, 0.15) is 5.82 Å². The minimum atomic E-state index is -0.203. The summed E-state index contributed by atoms with van der Waals surface area (Å²) >= 11 is 0. The summed E-state index contributed by atoms with van der Waals surface area (Å²) in [7, 11) is 1.79. The number of rotatable bonds is 6. The monoisotopic (exact) mass is 397 g/mol. The fourth-order valence-electron chi connectivity index (χ4n) is 3.66. The molecule has 2 aromatic rings. The van der Waals surface area contributed by atoms with Crippen molar-refractivity contribution in [3.05, 3.63) is 65.7 Å². The lowest BCUT2D eigenvalue weighted by Crippen LogP contribution is -2.50. The summed E-state index contributed by atoms with van der Waals surface area (Å²) in [5.41, 5.74) is 1.89. The van der Waals surface area contributed by atoms with E-state index in [-0.39, 0.29) is 11.2 Å². The van der Waals surface area contributed by atoms with Gasteiger partial charge < -0.3 is 10.6 Å². The summed E-state index contributed by atoms with van der Waals surface area (Å²) < 4.78 is 13.6. The van der Waals surface area contributed by atoms with Crippen LogP contribution in [0, 0.1) is 5.82 Å². The highest BCUT2D eigenvalue weighted by Crippen LogP contribution is 2.23. The van der Waals surface area contributed by atoms with Crippen LogP contribution in [0.25, 0.3) is 0 Å². The van der Waals surface area contributed by atoms with Crippen molar-refractivity contribution in [3.8, 4) is 0 Å². The maximum absolute atomic E-state index is 13.6. The molecule has 1 aromatic heterocycles. The molecular formula is C23H32FN5. The van der Waals surface area contributed by atoms with Crippen molar-refractivity contribution < 1.29 is 4.39 Å². The summed E-state index contributed by atoms with van der Waals surface area (Å²) in [4.78, 5) is 11.2. The van der Waals surface area contributed by atoms with Crippen molar-refractivity contribution >= 4 is 5.96 Å². The lowest BCUT2D eigenvalue weighted by Gasteiger charge is -2.33. The van der Waals surface area contributed by atoms with Gasteiger partial charge in [0, 0.05) is 50.9 Å². The van der Waals surface area contributed by atoms with E-state index in [0.29, 0.717) is 12.6 Å². The molecule has 5 nitrogen and oxygen atoms in total. The average molecular weight is 398 g/mol. The van der Waals surface area contributed by atoms with Crippen molar-refractivity contribution in [2.24, 2.45) is 4.99 Å². The molecule has 1 aliphatic heterocycles. The van der Waals surface area contributed by atoms with E-state index in [1.165, 1.54) is 6.07 Å². The zero-order chi connectivity index (χ0) is 20.7. The topological polar surface area (TPSA) is 52.6 Å². The second-order valence-electron chi connectivity index (χ2n) is 8.34. The Balaban J connectivity index is 1.46.